The molecule has 0 aromatic heterocycles. The van der Waals surface area contributed by atoms with E-state index in [1.165, 1.54) is 11.8 Å². The number of rotatable bonds is 8. The summed E-state index contributed by atoms with van der Waals surface area (Å²) in [4.78, 5) is 39.7. The zero-order valence-corrected chi connectivity index (χ0v) is 22.9. The molecule has 1 N–H and O–H groups in total. The molecule has 3 aromatic carbocycles. The SMILES string of the molecule is CCc1ccc(N2C(=O)C(=O)/C(=C(\O)c3ccc(OCC(C)C)c(C)c3)C2c2ccc(OC(C)=O)cc2)cc1. The van der Waals surface area contributed by atoms with E-state index in [9.17, 15) is 19.5 Å². The first-order valence-electron chi connectivity index (χ1n) is 13.0. The number of ketones is 1. The molecule has 1 aliphatic rings. The average molecular weight is 528 g/mol. The molecule has 1 fully saturated rings. The number of ether oxygens (including phenoxy) is 2. The van der Waals surface area contributed by atoms with Gasteiger partial charge in [0.05, 0.1) is 18.2 Å². The first kappa shape index (κ1) is 27.6. The number of amides is 1. The Kier molecular flexibility index (Phi) is 8.19. The van der Waals surface area contributed by atoms with E-state index in [-0.39, 0.29) is 11.3 Å². The predicted octanol–water partition coefficient (Wildman–Crippen LogP) is 6.14. The Morgan fingerprint density at radius 3 is 2.23 bits per heavy atom. The number of carbonyl (C=O) groups is 3. The number of Topliss-reactive ketones (excluding diaryl/α,β-unsaturated/α-hetero) is 1. The highest BCUT2D eigenvalue weighted by Crippen LogP contribution is 2.43. The number of nitrogens with zero attached hydrogens (tertiary/aromatic N) is 1. The van der Waals surface area contributed by atoms with Crippen LogP contribution in [0.1, 0.15) is 56.0 Å². The Bertz CT molecular complexity index is 1420. The Labute approximate surface area is 228 Å². The molecular weight excluding hydrogens is 494 g/mol. The topological polar surface area (TPSA) is 93.1 Å². The number of anilines is 1. The monoisotopic (exact) mass is 527 g/mol. The van der Waals surface area contributed by atoms with E-state index in [1.807, 2.05) is 26.0 Å². The molecule has 1 atom stereocenters. The zero-order valence-electron chi connectivity index (χ0n) is 22.9. The van der Waals surface area contributed by atoms with Crippen LogP contribution in [-0.4, -0.2) is 29.4 Å². The van der Waals surface area contributed by atoms with Gasteiger partial charge in [-0.15, -0.1) is 0 Å². The second-order valence-corrected chi connectivity index (χ2v) is 10.0. The van der Waals surface area contributed by atoms with Crippen molar-refractivity contribution in [3.63, 3.8) is 0 Å². The molecule has 0 radical (unpaired) electrons. The van der Waals surface area contributed by atoms with Crippen molar-refractivity contribution in [1.29, 1.82) is 0 Å². The Morgan fingerprint density at radius 1 is 1.00 bits per heavy atom. The number of benzene rings is 3. The van der Waals surface area contributed by atoms with Gasteiger partial charge in [0.1, 0.15) is 17.3 Å². The lowest BCUT2D eigenvalue weighted by atomic mass is 9.94. The standard InChI is InChI=1S/C32H33NO6/c1-6-22-7-12-25(13-8-22)33-29(23-9-14-26(15-10-23)39-21(5)34)28(31(36)32(33)37)30(35)24-11-16-27(20(4)17-24)38-18-19(2)3/h7-17,19,29,35H,6,18H2,1-5H3/b30-28-. The molecule has 1 amide bonds. The van der Waals surface area contributed by atoms with Gasteiger partial charge in [-0.1, -0.05) is 45.0 Å². The molecule has 3 aromatic rings. The molecule has 39 heavy (non-hydrogen) atoms. The maximum atomic E-state index is 13.4. The summed E-state index contributed by atoms with van der Waals surface area (Å²) in [5, 5.41) is 11.5. The lowest BCUT2D eigenvalue weighted by Crippen LogP contribution is -2.29. The van der Waals surface area contributed by atoms with Crippen LogP contribution in [0.2, 0.25) is 0 Å². The van der Waals surface area contributed by atoms with Crippen LogP contribution >= 0.6 is 0 Å². The van der Waals surface area contributed by atoms with Crippen molar-refractivity contribution < 1.29 is 29.0 Å². The highest BCUT2D eigenvalue weighted by Gasteiger charge is 2.47. The van der Waals surface area contributed by atoms with E-state index in [4.69, 9.17) is 9.47 Å². The summed E-state index contributed by atoms with van der Waals surface area (Å²) in [7, 11) is 0. The van der Waals surface area contributed by atoms with Gasteiger partial charge in [-0.05, 0) is 78.4 Å². The number of hydrogen-bond donors (Lipinski definition) is 1. The third-order valence-electron chi connectivity index (χ3n) is 6.55. The highest BCUT2D eigenvalue weighted by atomic mass is 16.5. The fraction of sp³-hybridized carbons (Fsp3) is 0.281. The third kappa shape index (κ3) is 5.87. The molecule has 1 aliphatic heterocycles. The summed E-state index contributed by atoms with van der Waals surface area (Å²) in [5.74, 6) is -0.860. The maximum Gasteiger partial charge on any atom is 0.308 e. The van der Waals surface area contributed by atoms with Crippen molar-refractivity contribution in [3.05, 3.63) is 94.6 Å². The van der Waals surface area contributed by atoms with Crippen molar-refractivity contribution in [2.75, 3.05) is 11.5 Å². The van der Waals surface area contributed by atoms with Gasteiger partial charge in [-0.3, -0.25) is 19.3 Å². The number of aliphatic hydroxyl groups is 1. The predicted molar refractivity (Wildman–Crippen MR) is 150 cm³/mol. The molecule has 0 aliphatic carbocycles. The van der Waals surface area contributed by atoms with E-state index < -0.39 is 23.7 Å². The van der Waals surface area contributed by atoms with Crippen molar-refractivity contribution >= 4 is 29.1 Å². The minimum Gasteiger partial charge on any atom is -0.507 e. The minimum absolute atomic E-state index is 0.0185. The van der Waals surface area contributed by atoms with Gasteiger partial charge >= 0.3 is 5.97 Å². The largest absolute Gasteiger partial charge is 0.507 e. The summed E-state index contributed by atoms with van der Waals surface area (Å²) in [6, 6.07) is 18.3. The fourth-order valence-electron chi connectivity index (χ4n) is 4.56. The van der Waals surface area contributed by atoms with Gasteiger partial charge in [-0.25, -0.2) is 0 Å². The van der Waals surface area contributed by atoms with E-state index in [0.29, 0.717) is 40.8 Å². The Balaban J connectivity index is 1.83. The molecular formula is C32H33NO6. The summed E-state index contributed by atoms with van der Waals surface area (Å²) in [5.41, 5.74) is 3.40. The van der Waals surface area contributed by atoms with Gasteiger partial charge in [0.25, 0.3) is 11.7 Å². The van der Waals surface area contributed by atoms with Crippen LogP contribution in [0.5, 0.6) is 11.5 Å². The van der Waals surface area contributed by atoms with Crippen LogP contribution in [0, 0.1) is 12.8 Å². The molecule has 7 nitrogen and oxygen atoms in total. The van der Waals surface area contributed by atoms with Crippen LogP contribution in [0.3, 0.4) is 0 Å². The van der Waals surface area contributed by atoms with Crippen LogP contribution in [0.15, 0.2) is 72.3 Å². The molecule has 0 bridgehead atoms. The smallest absolute Gasteiger partial charge is 0.308 e. The maximum absolute atomic E-state index is 13.4. The van der Waals surface area contributed by atoms with Crippen LogP contribution in [0.4, 0.5) is 5.69 Å². The van der Waals surface area contributed by atoms with Crippen molar-refractivity contribution in [2.45, 2.75) is 47.1 Å². The van der Waals surface area contributed by atoms with Crippen LogP contribution < -0.4 is 14.4 Å². The Morgan fingerprint density at radius 2 is 1.67 bits per heavy atom. The van der Waals surface area contributed by atoms with E-state index in [2.05, 4.69) is 13.8 Å². The molecule has 4 rings (SSSR count). The summed E-state index contributed by atoms with van der Waals surface area (Å²) in [6.45, 7) is 9.88. The van der Waals surface area contributed by atoms with Gasteiger partial charge in [0.2, 0.25) is 0 Å². The van der Waals surface area contributed by atoms with E-state index in [1.54, 1.807) is 54.6 Å². The molecule has 1 unspecified atom stereocenters. The van der Waals surface area contributed by atoms with E-state index in [0.717, 1.165) is 17.5 Å². The van der Waals surface area contributed by atoms with Crippen molar-refractivity contribution in [1.82, 2.24) is 0 Å². The quantitative estimate of drug-likeness (QED) is 0.124. The van der Waals surface area contributed by atoms with Gasteiger partial charge in [0, 0.05) is 18.2 Å². The minimum atomic E-state index is -0.888. The highest BCUT2D eigenvalue weighted by molar-refractivity contribution is 6.51. The fourth-order valence-corrected chi connectivity index (χ4v) is 4.56. The lowest BCUT2D eigenvalue weighted by molar-refractivity contribution is -0.132. The molecule has 1 heterocycles. The zero-order chi connectivity index (χ0) is 28.3. The van der Waals surface area contributed by atoms with Crippen LogP contribution in [-0.2, 0) is 20.8 Å². The number of aliphatic hydroxyl groups excluding tert-OH is 1. The first-order valence-corrected chi connectivity index (χ1v) is 13.0. The van der Waals surface area contributed by atoms with E-state index >= 15 is 0 Å². The molecule has 1 saturated heterocycles. The Hall–Kier alpha value is -4.39. The number of aryl methyl sites for hydroxylation is 2. The molecule has 202 valence electrons. The third-order valence-corrected chi connectivity index (χ3v) is 6.55. The molecule has 0 saturated carbocycles. The second kappa shape index (κ2) is 11.6. The molecule has 7 heteroatoms. The average Bonchev–Trinajstić information content (AvgIpc) is 3.17. The van der Waals surface area contributed by atoms with Crippen LogP contribution in [0.25, 0.3) is 5.76 Å². The normalized spacial score (nSPS) is 16.6. The number of esters is 1. The lowest BCUT2D eigenvalue weighted by Gasteiger charge is -2.26. The second-order valence-electron chi connectivity index (χ2n) is 10.0. The van der Waals surface area contributed by atoms with Gasteiger partial charge in [0.15, 0.2) is 0 Å². The van der Waals surface area contributed by atoms with Crippen molar-refractivity contribution in [2.24, 2.45) is 5.92 Å². The summed E-state index contributed by atoms with van der Waals surface area (Å²) >= 11 is 0. The molecule has 0 spiro atoms. The summed E-state index contributed by atoms with van der Waals surface area (Å²) in [6.07, 6.45) is 0.830. The van der Waals surface area contributed by atoms with Crippen molar-refractivity contribution in [3.8, 4) is 11.5 Å². The van der Waals surface area contributed by atoms with Gasteiger partial charge < -0.3 is 14.6 Å². The van der Waals surface area contributed by atoms with Gasteiger partial charge in [-0.2, -0.15) is 0 Å². The number of hydrogen-bond acceptors (Lipinski definition) is 6. The number of carbonyl (C=O) groups excluding carboxylic acids is 3. The first-order chi connectivity index (χ1) is 18.6. The summed E-state index contributed by atoms with van der Waals surface area (Å²) < 4.78 is 11.0.